The van der Waals surface area contributed by atoms with Crippen LogP contribution in [0.5, 0.6) is 0 Å². The van der Waals surface area contributed by atoms with Gasteiger partial charge >= 0.3 is 0 Å². The van der Waals surface area contributed by atoms with Gasteiger partial charge in [-0.2, -0.15) is 0 Å². The van der Waals surface area contributed by atoms with Gasteiger partial charge in [-0.05, 0) is 37.0 Å². The van der Waals surface area contributed by atoms with Crippen LogP contribution in [0.25, 0.3) is 0 Å². The molecule has 0 radical (unpaired) electrons. The first kappa shape index (κ1) is 21.9. The maximum absolute atomic E-state index is 12.4. The van der Waals surface area contributed by atoms with Crippen molar-refractivity contribution in [3.05, 3.63) is 39.8 Å². The molecule has 3 rings (SSSR count). The van der Waals surface area contributed by atoms with Gasteiger partial charge in [0.2, 0.25) is 10.9 Å². The van der Waals surface area contributed by atoms with Gasteiger partial charge in [-0.25, -0.2) is 0 Å². The van der Waals surface area contributed by atoms with E-state index in [0.29, 0.717) is 48.1 Å². The summed E-state index contributed by atoms with van der Waals surface area (Å²) in [6, 6.07) is 6.77. The van der Waals surface area contributed by atoms with E-state index in [1.165, 1.54) is 11.3 Å². The molecule has 3 amide bonds. The molecule has 1 aromatic heterocycles. The van der Waals surface area contributed by atoms with Crippen molar-refractivity contribution in [2.75, 3.05) is 25.0 Å². The molecule has 0 spiro atoms. The Kier molecular flexibility index (Phi) is 7.51. The summed E-state index contributed by atoms with van der Waals surface area (Å²) >= 11 is 1.28. The van der Waals surface area contributed by atoms with Crippen molar-refractivity contribution in [2.24, 2.45) is 5.92 Å². The number of hydrogen-bond donors (Lipinski definition) is 2. The average Bonchev–Trinajstić information content (AvgIpc) is 3.34. The number of carbonyl (C=O) groups excluding carboxylic acids is 3. The minimum Gasteiger partial charge on any atom is -0.352 e. The Bertz CT molecular complexity index is 912. The van der Waals surface area contributed by atoms with Crippen LogP contribution in [0.4, 0.5) is 5.69 Å². The van der Waals surface area contributed by atoms with Crippen molar-refractivity contribution in [1.29, 1.82) is 0 Å². The number of likely N-dealkylation sites (tertiary alicyclic amines) is 1. The molecule has 0 unspecified atom stereocenters. The fourth-order valence-corrected chi connectivity index (χ4v) is 4.16. The summed E-state index contributed by atoms with van der Waals surface area (Å²) in [7, 11) is 0. The van der Waals surface area contributed by atoms with Crippen LogP contribution in [-0.4, -0.2) is 52.5 Å². The Morgan fingerprint density at radius 1 is 1.23 bits per heavy atom. The SMILES string of the molecule is CC(C)Cc1nnc(C(=O)Nc2cccc(C(=O)NCCCN3CCCC3=O)c2)s1. The van der Waals surface area contributed by atoms with Gasteiger partial charge < -0.3 is 15.5 Å². The molecule has 2 aromatic rings. The zero-order valence-corrected chi connectivity index (χ0v) is 18.1. The predicted molar refractivity (Wildman–Crippen MR) is 116 cm³/mol. The number of aromatic nitrogens is 2. The van der Waals surface area contributed by atoms with Crippen LogP contribution >= 0.6 is 11.3 Å². The Balaban J connectivity index is 1.49. The van der Waals surface area contributed by atoms with Crippen LogP contribution in [0.3, 0.4) is 0 Å². The maximum atomic E-state index is 12.4. The molecule has 30 heavy (non-hydrogen) atoms. The molecule has 1 aliphatic heterocycles. The molecule has 1 fully saturated rings. The summed E-state index contributed by atoms with van der Waals surface area (Å²) < 4.78 is 0. The van der Waals surface area contributed by atoms with E-state index >= 15 is 0 Å². The van der Waals surface area contributed by atoms with E-state index in [-0.39, 0.29) is 17.7 Å². The average molecular weight is 430 g/mol. The highest BCUT2D eigenvalue weighted by atomic mass is 32.1. The van der Waals surface area contributed by atoms with Gasteiger partial charge in [0.15, 0.2) is 0 Å². The van der Waals surface area contributed by atoms with Crippen molar-refractivity contribution < 1.29 is 14.4 Å². The maximum Gasteiger partial charge on any atom is 0.286 e. The fraction of sp³-hybridized carbons (Fsp3) is 0.476. The number of rotatable bonds is 9. The number of nitrogens with one attached hydrogen (secondary N) is 2. The highest BCUT2D eigenvalue weighted by Gasteiger charge is 2.19. The van der Waals surface area contributed by atoms with E-state index in [2.05, 4.69) is 34.7 Å². The van der Waals surface area contributed by atoms with Crippen LogP contribution in [0.1, 0.15) is 58.3 Å². The van der Waals surface area contributed by atoms with E-state index in [1.54, 1.807) is 24.3 Å². The zero-order chi connectivity index (χ0) is 21.5. The Labute approximate surface area is 180 Å². The topological polar surface area (TPSA) is 104 Å². The second kappa shape index (κ2) is 10.3. The van der Waals surface area contributed by atoms with Gasteiger partial charge in [-0.1, -0.05) is 31.3 Å². The first-order valence-electron chi connectivity index (χ1n) is 10.2. The minimum atomic E-state index is -0.338. The second-order valence-corrected chi connectivity index (χ2v) is 8.79. The Morgan fingerprint density at radius 3 is 2.80 bits per heavy atom. The van der Waals surface area contributed by atoms with Gasteiger partial charge in [-0.15, -0.1) is 10.2 Å². The summed E-state index contributed by atoms with van der Waals surface area (Å²) in [5, 5.41) is 14.8. The molecule has 2 heterocycles. The van der Waals surface area contributed by atoms with Gasteiger partial charge in [0.1, 0.15) is 5.01 Å². The van der Waals surface area contributed by atoms with Crippen molar-refractivity contribution in [3.8, 4) is 0 Å². The Hall–Kier alpha value is -2.81. The lowest BCUT2D eigenvalue weighted by Gasteiger charge is -2.15. The first-order valence-corrected chi connectivity index (χ1v) is 11.0. The molecule has 0 aliphatic carbocycles. The first-order chi connectivity index (χ1) is 14.4. The van der Waals surface area contributed by atoms with Crippen LogP contribution in [0.2, 0.25) is 0 Å². The molecule has 1 aliphatic rings. The molecule has 0 bridgehead atoms. The van der Waals surface area contributed by atoms with E-state index in [0.717, 1.165) is 24.4 Å². The van der Waals surface area contributed by atoms with E-state index in [4.69, 9.17) is 0 Å². The fourth-order valence-electron chi connectivity index (χ4n) is 3.21. The lowest BCUT2D eigenvalue weighted by molar-refractivity contribution is -0.127. The molecule has 160 valence electrons. The van der Waals surface area contributed by atoms with E-state index in [1.807, 2.05) is 4.90 Å². The minimum absolute atomic E-state index is 0.191. The molecule has 8 nitrogen and oxygen atoms in total. The van der Waals surface area contributed by atoms with Crippen LogP contribution in [0, 0.1) is 5.92 Å². The number of hydrogen-bond acceptors (Lipinski definition) is 6. The molecule has 1 saturated heterocycles. The molecular weight excluding hydrogens is 402 g/mol. The summed E-state index contributed by atoms with van der Waals surface area (Å²) in [5.74, 6) is 0.0840. The molecule has 2 N–H and O–H groups in total. The third-order valence-corrected chi connectivity index (χ3v) is 5.63. The molecule has 1 aromatic carbocycles. The molecule has 0 atom stereocenters. The largest absolute Gasteiger partial charge is 0.352 e. The zero-order valence-electron chi connectivity index (χ0n) is 17.3. The second-order valence-electron chi connectivity index (χ2n) is 7.73. The van der Waals surface area contributed by atoms with E-state index in [9.17, 15) is 14.4 Å². The highest BCUT2D eigenvalue weighted by molar-refractivity contribution is 7.13. The third-order valence-electron chi connectivity index (χ3n) is 4.69. The van der Waals surface area contributed by atoms with Gasteiger partial charge in [0, 0.05) is 43.7 Å². The summed E-state index contributed by atoms with van der Waals surface area (Å²) in [5.41, 5.74) is 0.985. The normalized spacial score (nSPS) is 13.7. The predicted octanol–water partition coefficient (Wildman–Crippen LogP) is 2.73. The van der Waals surface area contributed by atoms with Crippen molar-refractivity contribution >= 4 is 34.7 Å². The summed E-state index contributed by atoms with van der Waals surface area (Å²) in [6.45, 7) is 6.13. The molecule has 9 heteroatoms. The van der Waals surface area contributed by atoms with Gasteiger partial charge in [0.25, 0.3) is 11.8 Å². The van der Waals surface area contributed by atoms with Gasteiger partial charge in [0.05, 0.1) is 0 Å². The Morgan fingerprint density at radius 2 is 2.07 bits per heavy atom. The van der Waals surface area contributed by atoms with Crippen LogP contribution in [0.15, 0.2) is 24.3 Å². The standard InChI is InChI=1S/C21H27N5O3S/c1-14(2)12-17-24-25-21(30-17)20(29)23-16-7-3-6-15(13-16)19(28)22-9-5-11-26-10-4-8-18(26)27/h3,6-7,13-14H,4-5,8-12H2,1-2H3,(H,22,28)(H,23,29). The van der Waals surface area contributed by atoms with Crippen LogP contribution in [-0.2, 0) is 11.2 Å². The number of benzene rings is 1. The van der Waals surface area contributed by atoms with Gasteiger partial charge in [-0.3, -0.25) is 14.4 Å². The van der Waals surface area contributed by atoms with Crippen molar-refractivity contribution in [1.82, 2.24) is 20.4 Å². The van der Waals surface area contributed by atoms with E-state index < -0.39 is 0 Å². The summed E-state index contributed by atoms with van der Waals surface area (Å²) in [6.07, 6.45) is 3.04. The lowest BCUT2D eigenvalue weighted by Crippen LogP contribution is -2.30. The number of anilines is 1. The van der Waals surface area contributed by atoms with Crippen molar-refractivity contribution in [3.63, 3.8) is 0 Å². The monoisotopic (exact) mass is 429 g/mol. The number of amides is 3. The molecular formula is C21H27N5O3S. The number of carbonyl (C=O) groups is 3. The third kappa shape index (κ3) is 6.09. The lowest BCUT2D eigenvalue weighted by atomic mass is 10.1. The smallest absolute Gasteiger partial charge is 0.286 e. The van der Waals surface area contributed by atoms with Crippen molar-refractivity contribution in [2.45, 2.75) is 39.5 Å². The molecule has 0 saturated carbocycles. The van der Waals surface area contributed by atoms with Crippen LogP contribution < -0.4 is 10.6 Å². The quantitative estimate of drug-likeness (QED) is 0.597. The highest BCUT2D eigenvalue weighted by Crippen LogP contribution is 2.17. The number of nitrogens with zero attached hydrogens (tertiary/aromatic N) is 3. The summed E-state index contributed by atoms with van der Waals surface area (Å²) in [4.78, 5) is 38.2.